The van der Waals surface area contributed by atoms with E-state index in [-0.39, 0.29) is 11.4 Å². The summed E-state index contributed by atoms with van der Waals surface area (Å²) in [7, 11) is 0. The lowest BCUT2D eigenvalue weighted by molar-refractivity contribution is 0.453. The molecule has 34 heavy (non-hydrogen) atoms. The van der Waals surface area contributed by atoms with E-state index in [0.717, 1.165) is 42.4 Å². The average Bonchev–Trinajstić information content (AvgIpc) is 2.86. The second-order valence-corrected chi connectivity index (χ2v) is 9.04. The van der Waals surface area contributed by atoms with Crippen molar-refractivity contribution in [2.24, 2.45) is 5.92 Å². The zero-order valence-electron chi connectivity index (χ0n) is 19.9. The van der Waals surface area contributed by atoms with E-state index in [0.29, 0.717) is 29.0 Å². The molecule has 4 rings (SSSR count). The summed E-state index contributed by atoms with van der Waals surface area (Å²) in [5.74, 6) is -1.16. The summed E-state index contributed by atoms with van der Waals surface area (Å²) in [5.41, 5.74) is 4.57. The van der Waals surface area contributed by atoms with E-state index in [1.54, 1.807) is 37.3 Å². The monoisotopic (exact) mass is 460 g/mol. The van der Waals surface area contributed by atoms with Crippen LogP contribution in [0.25, 0.3) is 27.8 Å². The van der Waals surface area contributed by atoms with E-state index in [9.17, 15) is 8.78 Å². The minimum atomic E-state index is -0.827. The fourth-order valence-electron chi connectivity index (χ4n) is 4.78. The van der Waals surface area contributed by atoms with Crippen molar-refractivity contribution in [2.45, 2.75) is 52.4 Å². The second-order valence-electron chi connectivity index (χ2n) is 9.04. The van der Waals surface area contributed by atoms with Crippen LogP contribution in [0.15, 0.2) is 72.8 Å². The molecule has 3 aromatic rings. The highest BCUT2D eigenvalue weighted by atomic mass is 19.2. The van der Waals surface area contributed by atoms with Gasteiger partial charge in [0.15, 0.2) is 11.6 Å². The molecule has 0 aliphatic heterocycles. The van der Waals surface area contributed by atoms with Crippen molar-refractivity contribution >= 4 is 5.57 Å². The third-order valence-corrected chi connectivity index (χ3v) is 6.88. The molecule has 0 N–H and O–H groups in total. The molecule has 0 amide bonds. The molecule has 0 fully saturated rings. The molecule has 0 spiro atoms. The molecule has 3 aromatic carbocycles. The van der Waals surface area contributed by atoms with E-state index in [1.165, 1.54) is 6.42 Å². The van der Waals surface area contributed by atoms with Crippen molar-refractivity contribution in [3.8, 4) is 22.3 Å². The smallest absolute Gasteiger partial charge is 0.166 e. The van der Waals surface area contributed by atoms with Gasteiger partial charge in [0.1, 0.15) is 5.82 Å². The van der Waals surface area contributed by atoms with E-state index >= 15 is 4.39 Å². The Kier molecular flexibility index (Phi) is 7.72. The Hall–Kier alpha value is -3.07. The van der Waals surface area contributed by atoms with E-state index < -0.39 is 11.6 Å². The van der Waals surface area contributed by atoms with Gasteiger partial charge in [0.2, 0.25) is 0 Å². The lowest BCUT2D eigenvalue weighted by atomic mass is 9.84. The Bertz CT molecular complexity index is 1200. The fraction of sp³-hybridized carbons (Fsp3) is 0.290. The molecule has 0 radical (unpaired) electrons. The third-order valence-electron chi connectivity index (χ3n) is 6.88. The molecule has 0 bridgehead atoms. The van der Waals surface area contributed by atoms with Crippen LogP contribution in [0.5, 0.6) is 0 Å². The molecule has 3 heteroatoms. The van der Waals surface area contributed by atoms with E-state index in [2.05, 4.69) is 18.2 Å². The molecule has 176 valence electrons. The Labute approximate surface area is 200 Å². The number of benzene rings is 3. The Morgan fingerprint density at radius 2 is 1.56 bits per heavy atom. The summed E-state index contributed by atoms with van der Waals surface area (Å²) in [6, 6.07) is 15.8. The van der Waals surface area contributed by atoms with Gasteiger partial charge in [0.25, 0.3) is 0 Å². The van der Waals surface area contributed by atoms with Crippen LogP contribution in [0.3, 0.4) is 0 Å². The maximum absolute atomic E-state index is 15.0. The number of allylic oxidation sites excluding steroid dienone is 4. The largest absolute Gasteiger partial charge is 0.206 e. The molecule has 1 aliphatic carbocycles. The van der Waals surface area contributed by atoms with Gasteiger partial charge in [-0.2, -0.15) is 0 Å². The number of halogens is 3. The first-order chi connectivity index (χ1) is 16.5. The highest BCUT2D eigenvalue weighted by Crippen LogP contribution is 2.35. The lowest BCUT2D eigenvalue weighted by Crippen LogP contribution is -2.06. The molecule has 1 atom stereocenters. The first kappa shape index (κ1) is 24.1. The summed E-state index contributed by atoms with van der Waals surface area (Å²) in [6.07, 6.45) is 12.3. The van der Waals surface area contributed by atoms with Gasteiger partial charge in [-0.25, -0.2) is 13.2 Å². The van der Waals surface area contributed by atoms with Gasteiger partial charge >= 0.3 is 0 Å². The van der Waals surface area contributed by atoms with Crippen LogP contribution >= 0.6 is 0 Å². The average molecular weight is 461 g/mol. The number of rotatable bonds is 7. The van der Waals surface area contributed by atoms with Crippen LogP contribution in [-0.2, 0) is 6.42 Å². The molecular formula is C31H31F3. The molecule has 0 saturated heterocycles. The predicted octanol–water partition coefficient (Wildman–Crippen LogP) is 9.54. The predicted molar refractivity (Wildman–Crippen MR) is 136 cm³/mol. The Balaban J connectivity index is 1.50. The Morgan fingerprint density at radius 1 is 0.853 bits per heavy atom. The molecule has 0 nitrogen and oxygen atoms in total. The van der Waals surface area contributed by atoms with Crippen molar-refractivity contribution in [1.82, 2.24) is 0 Å². The quantitative estimate of drug-likeness (QED) is 0.308. The second kappa shape index (κ2) is 10.9. The number of hydrogen-bond acceptors (Lipinski definition) is 0. The Morgan fingerprint density at radius 3 is 2.21 bits per heavy atom. The molecule has 1 unspecified atom stereocenters. The molecular weight excluding hydrogens is 429 g/mol. The van der Waals surface area contributed by atoms with E-state index in [1.807, 2.05) is 31.2 Å². The van der Waals surface area contributed by atoms with Crippen LogP contribution in [0.2, 0.25) is 0 Å². The van der Waals surface area contributed by atoms with Crippen LogP contribution < -0.4 is 0 Å². The summed E-state index contributed by atoms with van der Waals surface area (Å²) in [5, 5.41) is 0. The van der Waals surface area contributed by atoms with Gasteiger partial charge in [-0.05, 0) is 85.3 Å². The van der Waals surface area contributed by atoms with Crippen molar-refractivity contribution in [3.05, 3.63) is 101 Å². The molecule has 0 saturated carbocycles. The van der Waals surface area contributed by atoms with Gasteiger partial charge in [-0.3, -0.25) is 0 Å². The first-order valence-electron chi connectivity index (χ1n) is 12.2. The zero-order valence-corrected chi connectivity index (χ0v) is 19.9. The third kappa shape index (κ3) is 5.19. The highest BCUT2D eigenvalue weighted by molar-refractivity contribution is 5.74. The number of aryl methyl sites for hydroxylation is 1. The first-order valence-corrected chi connectivity index (χ1v) is 12.2. The number of hydrogen-bond donors (Lipinski definition) is 0. The molecule has 1 aliphatic rings. The fourth-order valence-corrected chi connectivity index (χ4v) is 4.78. The van der Waals surface area contributed by atoms with Crippen molar-refractivity contribution < 1.29 is 13.2 Å². The van der Waals surface area contributed by atoms with Crippen molar-refractivity contribution in [2.75, 3.05) is 0 Å². The summed E-state index contributed by atoms with van der Waals surface area (Å²) in [4.78, 5) is 0. The molecule has 0 aromatic heterocycles. The minimum absolute atomic E-state index is 0.219. The van der Waals surface area contributed by atoms with Gasteiger partial charge < -0.3 is 0 Å². The van der Waals surface area contributed by atoms with Crippen molar-refractivity contribution in [3.63, 3.8) is 0 Å². The maximum atomic E-state index is 15.0. The maximum Gasteiger partial charge on any atom is 0.166 e. The minimum Gasteiger partial charge on any atom is -0.206 e. The summed E-state index contributed by atoms with van der Waals surface area (Å²) >= 11 is 0. The van der Waals surface area contributed by atoms with Crippen LogP contribution in [-0.4, -0.2) is 0 Å². The van der Waals surface area contributed by atoms with Gasteiger partial charge in [0.05, 0.1) is 0 Å². The zero-order chi connectivity index (χ0) is 24.1. The lowest BCUT2D eigenvalue weighted by Gasteiger charge is -2.22. The van der Waals surface area contributed by atoms with Crippen molar-refractivity contribution in [1.29, 1.82) is 0 Å². The van der Waals surface area contributed by atoms with Gasteiger partial charge in [0, 0.05) is 11.1 Å². The summed E-state index contributed by atoms with van der Waals surface area (Å²) < 4.78 is 43.7. The van der Waals surface area contributed by atoms with Crippen LogP contribution in [0, 0.1) is 23.4 Å². The highest BCUT2D eigenvalue weighted by Gasteiger charge is 2.18. The standard InChI is InChI=1S/C31H31F3/c1-3-5-6-7-21-8-10-24(11-9-21)27-18-17-26(20-29(27)32)23-12-14-25(15-13-23)28-19-16-22(4-2)30(33)31(28)34/h3,5,10,12-21H,4,6-9,11H2,1-2H3/b5-3+. The van der Waals surface area contributed by atoms with Crippen LogP contribution in [0.1, 0.15) is 57.1 Å². The topological polar surface area (TPSA) is 0 Å². The van der Waals surface area contributed by atoms with Gasteiger partial charge in [-0.15, -0.1) is 0 Å². The summed E-state index contributed by atoms with van der Waals surface area (Å²) in [6.45, 7) is 3.84. The van der Waals surface area contributed by atoms with Gasteiger partial charge in [-0.1, -0.05) is 73.7 Å². The van der Waals surface area contributed by atoms with E-state index in [4.69, 9.17) is 0 Å². The normalized spacial score (nSPS) is 16.1. The van der Waals surface area contributed by atoms with Crippen LogP contribution in [0.4, 0.5) is 13.2 Å². The molecule has 0 heterocycles. The SMILES string of the molecule is C/C=C/CCC1CC=C(c2ccc(-c3ccc(-c4ccc(CC)c(F)c4F)cc3)cc2F)CC1.